The largest absolute Gasteiger partial charge is 0.303 e. The van der Waals surface area contributed by atoms with Crippen LogP contribution < -0.4 is 0 Å². The molecule has 0 aromatic rings. The van der Waals surface area contributed by atoms with Gasteiger partial charge in [-0.3, -0.25) is 10.1 Å². The zero-order valence-electron chi connectivity index (χ0n) is 10.5. The molecular formula is C12H21NO3. The van der Waals surface area contributed by atoms with Crippen molar-refractivity contribution in [1.29, 1.82) is 0 Å². The number of carbonyl (C=O) groups is 1. The summed E-state index contributed by atoms with van der Waals surface area (Å²) in [6.07, 6.45) is 4.37. The van der Waals surface area contributed by atoms with Crippen LogP contribution in [-0.4, -0.2) is 17.8 Å². The lowest BCUT2D eigenvalue weighted by molar-refractivity contribution is -0.490. The number of rotatable bonds is 7. The van der Waals surface area contributed by atoms with Crippen molar-refractivity contribution in [3.05, 3.63) is 21.8 Å². The highest BCUT2D eigenvalue weighted by Gasteiger charge is 2.33. The summed E-state index contributed by atoms with van der Waals surface area (Å²) >= 11 is 0. The second-order valence-corrected chi connectivity index (χ2v) is 4.86. The van der Waals surface area contributed by atoms with E-state index in [0.717, 1.165) is 12.7 Å². The van der Waals surface area contributed by atoms with Gasteiger partial charge in [-0.05, 0) is 26.7 Å². The SMILES string of the molecule is CC(C)=CCC[C@@](C)(C=O)[C@@H](C)C[N+](=O)[O-]. The molecule has 0 saturated heterocycles. The predicted octanol–water partition coefficient (Wildman–Crippen LogP) is 2.85. The smallest absolute Gasteiger partial charge is 0.207 e. The van der Waals surface area contributed by atoms with E-state index in [1.807, 2.05) is 13.8 Å². The Morgan fingerprint density at radius 3 is 2.44 bits per heavy atom. The van der Waals surface area contributed by atoms with Gasteiger partial charge in [0, 0.05) is 16.3 Å². The highest BCUT2D eigenvalue weighted by Crippen LogP contribution is 2.30. The van der Waals surface area contributed by atoms with Gasteiger partial charge in [-0.25, -0.2) is 0 Å². The van der Waals surface area contributed by atoms with E-state index in [9.17, 15) is 14.9 Å². The molecular weight excluding hydrogens is 206 g/mol. The maximum Gasteiger partial charge on any atom is 0.207 e. The van der Waals surface area contributed by atoms with Gasteiger partial charge in [-0.1, -0.05) is 25.5 Å². The molecule has 0 rings (SSSR count). The van der Waals surface area contributed by atoms with E-state index in [4.69, 9.17) is 0 Å². The summed E-state index contributed by atoms with van der Waals surface area (Å²) in [5, 5.41) is 10.4. The molecule has 0 saturated carbocycles. The molecule has 0 radical (unpaired) electrons. The molecule has 4 heteroatoms. The summed E-state index contributed by atoms with van der Waals surface area (Å²) in [5.41, 5.74) is 0.606. The third-order valence-electron chi connectivity index (χ3n) is 3.05. The van der Waals surface area contributed by atoms with Crippen LogP contribution in [0.4, 0.5) is 0 Å². The van der Waals surface area contributed by atoms with E-state index in [-0.39, 0.29) is 17.4 Å². The number of hydrogen-bond acceptors (Lipinski definition) is 3. The minimum Gasteiger partial charge on any atom is -0.303 e. The second-order valence-electron chi connectivity index (χ2n) is 4.86. The molecule has 0 aliphatic rings. The Bertz CT molecular complexity index is 282. The summed E-state index contributed by atoms with van der Waals surface area (Å²) in [4.78, 5) is 21.2. The van der Waals surface area contributed by atoms with Gasteiger partial charge in [0.05, 0.1) is 0 Å². The van der Waals surface area contributed by atoms with Crippen molar-refractivity contribution in [2.45, 2.75) is 40.5 Å². The number of hydrogen-bond donors (Lipinski definition) is 0. The summed E-state index contributed by atoms with van der Waals surface area (Å²) < 4.78 is 0. The van der Waals surface area contributed by atoms with Gasteiger partial charge >= 0.3 is 0 Å². The van der Waals surface area contributed by atoms with Crippen LogP contribution >= 0.6 is 0 Å². The molecule has 0 fully saturated rings. The molecule has 16 heavy (non-hydrogen) atoms. The van der Waals surface area contributed by atoms with Crippen molar-refractivity contribution in [1.82, 2.24) is 0 Å². The average Bonchev–Trinajstić information content (AvgIpc) is 2.15. The van der Waals surface area contributed by atoms with E-state index in [1.54, 1.807) is 13.8 Å². The third-order valence-corrected chi connectivity index (χ3v) is 3.05. The summed E-state index contributed by atoms with van der Waals surface area (Å²) in [5.74, 6) is -0.231. The first-order chi connectivity index (χ1) is 7.31. The van der Waals surface area contributed by atoms with Crippen molar-refractivity contribution in [3.8, 4) is 0 Å². The first-order valence-corrected chi connectivity index (χ1v) is 5.53. The Labute approximate surface area is 96.9 Å². The van der Waals surface area contributed by atoms with Crippen LogP contribution in [0.25, 0.3) is 0 Å². The lowest BCUT2D eigenvalue weighted by Gasteiger charge is -2.27. The Balaban J connectivity index is 4.45. The number of nitrogens with zero attached hydrogens (tertiary/aromatic N) is 1. The van der Waals surface area contributed by atoms with Gasteiger partial charge in [0.15, 0.2) is 0 Å². The van der Waals surface area contributed by atoms with Gasteiger partial charge < -0.3 is 4.79 Å². The van der Waals surface area contributed by atoms with Gasteiger partial charge in [-0.15, -0.1) is 0 Å². The lowest BCUT2D eigenvalue weighted by atomic mass is 9.75. The maximum absolute atomic E-state index is 11.1. The van der Waals surface area contributed by atoms with E-state index in [1.165, 1.54) is 5.57 Å². The first-order valence-electron chi connectivity index (χ1n) is 5.53. The van der Waals surface area contributed by atoms with Crippen LogP contribution in [-0.2, 0) is 4.79 Å². The van der Waals surface area contributed by atoms with Crippen LogP contribution in [0.2, 0.25) is 0 Å². The topological polar surface area (TPSA) is 60.2 Å². The van der Waals surface area contributed by atoms with E-state index in [2.05, 4.69) is 6.08 Å². The fourth-order valence-corrected chi connectivity index (χ4v) is 1.53. The molecule has 2 atom stereocenters. The van der Waals surface area contributed by atoms with Crippen LogP contribution in [0.15, 0.2) is 11.6 Å². The van der Waals surface area contributed by atoms with Crippen molar-refractivity contribution in [2.75, 3.05) is 6.54 Å². The first kappa shape index (κ1) is 14.8. The fourth-order valence-electron chi connectivity index (χ4n) is 1.53. The minimum atomic E-state index is -0.598. The van der Waals surface area contributed by atoms with Crippen molar-refractivity contribution in [2.24, 2.45) is 11.3 Å². The number of allylic oxidation sites excluding steroid dienone is 2. The minimum absolute atomic E-state index is 0.149. The molecule has 0 aromatic heterocycles. The van der Waals surface area contributed by atoms with Gasteiger partial charge in [-0.2, -0.15) is 0 Å². The van der Waals surface area contributed by atoms with Crippen molar-refractivity contribution < 1.29 is 9.72 Å². The standard InChI is InChI=1S/C12H21NO3/c1-10(2)6-5-7-12(4,9-14)11(3)8-13(15)16/h6,9,11H,5,7-8H2,1-4H3/t11-,12-/m0/s1. The molecule has 0 heterocycles. The zero-order valence-corrected chi connectivity index (χ0v) is 10.5. The van der Waals surface area contributed by atoms with Crippen molar-refractivity contribution in [3.63, 3.8) is 0 Å². The molecule has 0 aliphatic carbocycles. The molecule has 0 amide bonds. The Morgan fingerprint density at radius 1 is 1.50 bits per heavy atom. The van der Waals surface area contributed by atoms with Crippen LogP contribution in [0, 0.1) is 21.4 Å². The number of aldehydes is 1. The number of nitro groups is 1. The maximum atomic E-state index is 11.1. The fraction of sp³-hybridized carbons (Fsp3) is 0.750. The van der Waals surface area contributed by atoms with Gasteiger partial charge in [0.25, 0.3) is 0 Å². The highest BCUT2D eigenvalue weighted by atomic mass is 16.6. The summed E-state index contributed by atoms with van der Waals surface area (Å²) in [7, 11) is 0. The molecule has 0 unspecified atom stereocenters. The molecule has 0 aliphatic heterocycles. The molecule has 0 N–H and O–H groups in total. The van der Waals surface area contributed by atoms with Crippen molar-refractivity contribution >= 4 is 6.29 Å². The van der Waals surface area contributed by atoms with E-state index in [0.29, 0.717) is 6.42 Å². The average molecular weight is 227 g/mol. The highest BCUT2D eigenvalue weighted by molar-refractivity contribution is 5.59. The van der Waals surface area contributed by atoms with Gasteiger partial charge in [0.1, 0.15) is 6.29 Å². The zero-order chi connectivity index (χ0) is 12.8. The van der Waals surface area contributed by atoms with Crippen LogP contribution in [0.1, 0.15) is 40.5 Å². The normalized spacial score (nSPS) is 16.0. The Hall–Kier alpha value is -1.19. The Morgan fingerprint density at radius 2 is 2.06 bits per heavy atom. The molecule has 0 spiro atoms. The molecule has 0 aromatic carbocycles. The second kappa shape index (κ2) is 6.40. The summed E-state index contributed by atoms with van der Waals surface area (Å²) in [6, 6.07) is 0. The molecule has 0 bridgehead atoms. The molecule has 4 nitrogen and oxygen atoms in total. The lowest BCUT2D eigenvalue weighted by Crippen LogP contribution is -2.32. The van der Waals surface area contributed by atoms with Crippen LogP contribution in [0.3, 0.4) is 0 Å². The molecule has 92 valence electrons. The quantitative estimate of drug-likeness (QED) is 0.291. The monoisotopic (exact) mass is 227 g/mol. The van der Waals surface area contributed by atoms with Gasteiger partial charge in [0.2, 0.25) is 6.54 Å². The van der Waals surface area contributed by atoms with E-state index < -0.39 is 5.41 Å². The summed E-state index contributed by atoms with van der Waals surface area (Å²) in [6.45, 7) is 7.41. The predicted molar refractivity (Wildman–Crippen MR) is 63.9 cm³/mol. The van der Waals surface area contributed by atoms with E-state index >= 15 is 0 Å². The Kier molecular flexibility index (Phi) is 5.93. The number of carbonyl (C=O) groups excluding carboxylic acids is 1. The van der Waals surface area contributed by atoms with Crippen LogP contribution in [0.5, 0.6) is 0 Å². The third kappa shape index (κ3) is 5.05.